The molecule has 0 saturated carbocycles. The number of carbonyl (C=O) groups excluding carboxylic acids is 3. The van der Waals surface area contributed by atoms with Crippen molar-refractivity contribution in [3.05, 3.63) is 95.1 Å². The molecule has 200 valence electrons. The first-order valence-corrected chi connectivity index (χ1v) is 13.5. The number of esters is 1. The zero-order valence-electron chi connectivity index (χ0n) is 20.9. The maximum Gasteiger partial charge on any atom is 0.357 e. The van der Waals surface area contributed by atoms with Crippen LogP contribution >= 0.6 is 0 Å². The zero-order valence-corrected chi connectivity index (χ0v) is 21.8. The van der Waals surface area contributed by atoms with Crippen molar-refractivity contribution >= 4 is 27.8 Å². The molecule has 0 atom stereocenters. The van der Waals surface area contributed by atoms with Gasteiger partial charge in [-0.25, -0.2) is 27.3 Å². The third kappa shape index (κ3) is 7.69. The lowest BCUT2D eigenvalue weighted by Gasteiger charge is -2.13. The van der Waals surface area contributed by atoms with Crippen LogP contribution in [0.3, 0.4) is 0 Å². The number of nitrogens with zero attached hydrogens (tertiary/aromatic N) is 1. The molecular weight excluding hydrogens is 513 g/mol. The fourth-order valence-electron chi connectivity index (χ4n) is 3.43. The second-order valence-corrected chi connectivity index (χ2v) is 10.1. The third-order valence-corrected chi connectivity index (χ3v) is 6.99. The summed E-state index contributed by atoms with van der Waals surface area (Å²) in [5.41, 5.74) is 0.828. The van der Waals surface area contributed by atoms with E-state index in [1.807, 2.05) is 18.6 Å². The van der Waals surface area contributed by atoms with Gasteiger partial charge in [0.2, 0.25) is 0 Å². The van der Waals surface area contributed by atoms with Gasteiger partial charge in [0.05, 0.1) is 10.5 Å². The Morgan fingerprint density at radius 1 is 0.947 bits per heavy atom. The lowest BCUT2D eigenvalue weighted by molar-refractivity contribution is 0.0277. The van der Waals surface area contributed by atoms with Gasteiger partial charge in [0, 0.05) is 18.3 Å². The number of ether oxygens (including phenoxy) is 1. The second kappa shape index (κ2) is 12.9. The minimum Gasteiger partial charge on any atom is -0.458 e. The predicted octanol–water partition coefficient (Wildman–Crippen LogP) is 3.66. The van der Waals surface area contributed by atoms with Crippen LogP contribution in [0.4, 0.5) is 4.39 Å². The minimum atomic E-state index is -4.31. The molecule has 0 radical (unpaired) electrons. The average molecular weight is 542 g/mol. The summed E-state index contributed by atoms with van der Waals surface area (Å²) in [5, 5.41) is 2.68. The van der Waals surface area contributed by atoms with E-state index in [0.29, 0.717) is 19.3 Å². The molecule has 3 rings (SSSR count). The topological polar surface area (TPSA) is 132 Å². The van der Waals surface area contributed by atoms with Gasteiger partial charge >= 0.3 is 5.97 Å². The van der Waals surface area contributed by atoms with Crippen LogP contribution in [0.1, 0.15) is 63.5 Å². The molecule has 2 amide bonds. The van der Waals surface area contributed by atoms with Crippen molar-refractivity contribution in [2.75, 3.05) is 6.54 Å². The van der Waals surface area contributed by atoms with Gasteiger partial charge in [0.25, 0.3) is 21.8 Å². The van der Waals surface area contributed by atoms with Crippen molar-refractivity contribution in [2.24, 2.45) is 0 Å². The Morgan fingerprint density at radius 2 is 1.66 bits per heavy atom. The van der Waals surface area contributed by atoms with Gasteiger partial charge in [-0.15, -0.1) is 0 Å². The summed E-state index contributed by atoms with van der Waals surface area (Å²) in [6, 6.07) is 13.7. The van der Waals surface area contributed by atoms with Crippen LogP contribution in [0, 0.1) is 5.82 Å². The Hall–Kier alpha value is -4.12. The number of sulfonamides is 1. The molecule has 0 aliphatic heterocycles. The molecule has 0 aliphatic rings. The van der Waals surface area contributed by atoms with Crippen LogP contribution in [0.25, 0.3) is 0 Å². The quantitative estimate of drug-likeness (QED) is 0.354. The number of carbonyl (C=O) groups is 3. The molecule has 38 heavy (non-hydrogen) atoms. The van der Waals surface area contributed by atoms with Gasteiger partial charge in [0.1, 0.15) is 17.6 Å². The number of rotatable bonds is 11. The first-order valence-electron chi connectivity index (χ1n) is 12.0. The fourth-order valence-corrected chi connectivity index (χ4v) is 4.45. The lowest BCUT2D eigenvalue weighted by Crippen LogP contribution is -2.31. The molecule has 11 heteroatoms. The summed E-state index contributed by atoms with van der Waals surface area (Å²) < 4.78 is 45.8. The maximum absolute atomic E-state index is 13.0. The van der Waals surface area contributed by atoms with Gasteiger partial charge in [-0.2, -0.15) is 0 Å². The van der Waals surface area contributed by atoms with Crippen LogP contribution in [0.15, 0.2) is 71.8 Å². The van der Waals surface area contributed by atoms with Crippen molar-refractivity contribution < 1.29 is 31.9 Å². The van der Waals surface area contributed by atoms with Crippen LogP contribution in [-0.2, 0) is 21.2 Å². The van der Waals surface area contributed by atoms with Crippen LogP contribution < -0.4 is 10.0 Å². The Bertz CT molecular complexity index is 1390. The number of benzene rings is 2. The zero-order chi connectivity index (χ0) is 27.7. The minimum absolute atomic E-state index is 0.00514. The van der Waals surface area contributed by atoms with Gasteiger partial charge in [-0.05, 0) is 67.3 Å². The highest BCUT2D eigenvalue weighted by Gasteiger charge is 2.21. The number of pyridine rings is 1. The van der Waals surface area contributed by atoms with Gasteiger partial charge in [0.15, 0.2) is 0 Å². The van der Waals surface area contributed by atoms with Crippen molar-refractivity contribution in [3.8, 4) is 0 Å². The Labute approximate surface area is 220 Å². The van der Waals surface area contributed by atoms with Crippen molar-refractivity contribution in [1.29, 1.82) is 0 Å². The van der Waals surface area contributed by atoms with Gasteiger partial charge < -0.3 is 10.1 Å². The Kier molecular flexibility index (Phi) is 9.66. The molecule has 0 fully saturated rings. The van der Waals surface area contributed by atoms with E-state index in [1.54, 1.807) is 12.1 Å². The smallest absolute Gasteiger partial charge is 0.357 e. The molecule has 0 spiro atoms. The monoisotopic (exact) mass is 541 g/mol. The average Bonchev–Trinajstić information content (AvgIpc) is 2.92. The number of halogens is 1. The van der Waals surface area contributed by atoms with Crippen molar-refractivity contribution in [1.82, 2.24) is 15.0 Å². The van der Waals surface area contributed by atoms with Crippen LogP contribution in [0.5, 0.6) is 0 Å². The number of amides is 2. The molecule has 0 saturated heterocycles. The van der Waals surface area contributed by atoms with E-state index in [9.17, 15) is 27.2 Å². The molecule has 2 N–H and O–H groups in total. The number of nitrogens with one attached hydrogen (secondary N) is 2. The molecule has 3 aromatic rings. The highest BCUT2D eigenvalue weighted by molar-refractivity contribution is 7.90. The third-order valence-electron chi connectivity index (χ3n) is 5.67. The molecule has 9 nitrogen and oxygen atoms in total. The molecule has 0 bridgehead atoms. The number of aromatic nitrogens is 1. The molecule has 1 aromatic heterocycles. The summed E-state index contributed by atoms with van der Waals surface area (Å²) in [4.78, 5) is 40.9. The second-order valence-electron chi connectivity index (χ2n) is 8.37. The van der Waals surface area contributed by atoms with Crippen LogP contribution in [0.2, 0.25) is 0 Å². The SMILES string of the molecule is CCC(CC)OC(=O)c1ccc(C(=O)NS(=O)(=O)c2cccc(C(=O)NCCc3ccc(F)cc3)c2)cn1. The van der Waals surface area contributed by atoms with E-state index in [1.165, 1.54) is 42.5 Å². The summed E-state index contributed by atoms with van der Waals surface area (Å²) in [7, 11) is -4.31. The highest BCUT2D eigenvalue weighted by Crippen LogP contribution is 2.14. The van der Waals surface area contributed by atoms with E-state index >= 15 is 0 Å². The Balaban J connectivity index is 1.61. The molecule has 0 unspecified atom stereocenters. The van der Waals surface area contributed by atoms with E-state index in [2.05, 4.69) is 10.3 Å². The Morgan fingerprint density at radius 3 is 2.29 bits per heavy atom. The standard InChI is InChI=1S/C27H28FN3O6S/c1-3-22(4-2)37-27(34)24-13-10-20(17-30-24)26(33)31-38(35,36)23-7-5-6-19(16-23)25(32)29-15-14-18-8-11-21(28)12-9-18/h5-13,16-17,22H,3-4,14-15H2,1-2H3,(H,29,32)(H,31,33). The van der Waals surface area contributed by atoms with E-state index in [0.717, 1.165) is 17.8 Å². The molecule has 2 aromatic carbocycles. The van der Waals surface area contributed by atoms with Crippen molar-refractivity contribution in [2.45, 2.75) is 44.1 Å². The summed E-state index contributed by atoms with van der Waals surface area (Å²) in [6.07, 6.45) is 2.60. The van der Waals surface area contributed by atoms with Gasteiger partial charge in [-0.1, -0.05) is 32.0 Å². The maximum atomic E-state index is 13.0. The predicted molar refractivity (Wildman–Crippen MR) is 138 cm³/mol. The normalized spacial score (nSPS) is 11.2. The first kappa shape index (κ1) is 28.5. The molecular formula is C27H28FN3O6S. The fraction of sp³-hybridized carbons (Fsp3) is 0.259. The summed E-state index contributed by atoms with van der Waals surface area (Å²) >= 11 is 0. The number of hydrogen-bond donors (Lipinski definition) is 2. The molecule has 1 heterocycles. The van der Waals surface area contributed by atoms with E-state index < -0.39 is 27.8 Å². The largest absolute Gasteiger partial charge is 0.458 e. The highest BCUT2D eigenvalue weighted by atomic mass is 32.2. The summed E-state index contributed by atoms with van der Waals surface area (Å²) in [6.45, 7) is 4.04. The van der Waals surface area contributed by atoms with E-state index in [4.69, 9.17) is 4.74 Å². The lowest BCUT2D eigenvalue weighted by atomic mass is 10.1. The number of hydrogen-bond acceptors (Lipinski definition) is 7. The summed E-state index contributed by atoms with van der Waals surface area (Å²) in [5.74, 6) is -2.44. The first-order chi connectivity index (χ1) is 18.1. The van der Waals surface area contributed by atoms with Crippen LogP contribution in [-0.4, -0.2) is 43.8 Å². The van der Waals surface area contributed by atoms with Crippen molar-refractivity contribution in [3.63, 3.8) is 0 Å². The molecule has 0 aliphatic carbocycles. The van der Waals surface area contributed by atoms with E-state index in [-0.39, 0.29) is 40.2 Å². The van der Waals surface area contributed by atoms with Gasteiger partial charge in [-0.3, -0.25) is 9.59 Å².